The van der Waals surface area contributed by atoms with E-state index in [4.69, 9.17) is 0 Å². The Morgan fingerprint density at radius 2 is 1.97 bits per heavy atom. The number of anilines is 1. The highest BCUT2D eigenvalue weighted by Gasteiger charge is 2.29. The lowest BCUT2D eigenvalue weighted by atomic mass is 9.43. The highest BCUT2D eigenvalue weighted by Crippen LogP contribution is 2.39. The number of nitrogens with zero attached hydrogens (tertiary/aromatic N) is 3. The summed E-state index contributed by atoms with van der Waals surface area (Å²) in [6.07, 6.45) is 1.78. The molecule has 2 atom stereocenters. The van der Waals surface area contributed by atoms with Crippen LogP contribution in [0.2, 0.25) is 12.6 Å². The highest BCUT2D eigenvalue weighted by molar-refractivity contribution is 8.15. The topological polar surface area (TPSA) is 51.4 Å². The molecular formula is C25H29BF2N4S. The van der Waals surface area contributed by atoms with Crippen LogP contribution in [0.15, 0.2) is 53.6 Å². The van der Waals surface area contributed by atoms with Crippen LogP contribution < -0.4 is 9.73 Å². The van der Waals surface area contributed by atoms with Gasteiger partial charge in [-0.2, -0.15) is 5.10 Å². The Kier molecular flexibility index (Phi) is 7.49. The van der Waals surface area contributed by atoms with E-state index in [0.717, 1.165) is 48.8 Å². The third-order valence-electron chi connectivity index (χ3n) is 6.51. The van der Waals surface area contributed by atoms with Crippen LogP contribution in [0.5, 0.6) is 0 Å². The minimum absolute atomic E-state index is 0.177. The number of nitrogens with one attached hydrogen (secondary N) is 1. The van der Waals surface area contributed by atoms with Crippen LogP contribution in [0.1, 0.15) is 36.0 Å². The van der Waals surface area contributed by atoms with Gasteiger partial charge in [0.1, 0.15) is 6.04 Å². The number of aryl methyl sites for hydroxylation is 1. The van der Waals surface area contributed by atoms with Crippen LogP contribution in [-0.4, -0.2) is 36.0 Å². The number of rotatable bonds is 7. The van der Waals surface area contributed by atoms with Crippen molar-refractivity contribution in [1.82, 2.24) is 5.43 Å². The number of hydrogen-bond donors (Lipinski definition) is 1. The van der Waals surface area contributed by atoms with Gasteiger partial charge in [-0.25, -0.2) is 14.0 Å². The van der Waals surface area contributed by atoms with Gasteiger partial charge in [0.25, 0.3) is 13.1 Å². The van der Waals surface area contributed by atoms with Crippen molar-refractivity contribution in [2.24, 2.45) is 5.10 Å². The summed E-state index contributed by atoms with van der Waals surface area (Å²) in [5, 5.41) is 13.8. The van der Waals surface area contributed by atoms with Gasteiger partial charge < -0.3 is 9.73 Å². The molecule has 1 fully saturated rings. The zero-order valence-corrected chi connectivity index (χ0v) is 19.7. The lowest BCUT2D eigenvalue weighted by Gasteiger charge is -2.35. The van der Waals surface area contributed by atoms with E-state index in [1.165, 1.54) is 5.56 Å². The summed E-state index contributed by atoms with van der Waals surface area (Å²) >= 11 is 0. The Hall–Kier alpha value is -2.66. The molecule has 0 aromatic heterocycles. The maximum Gasteiger partial charge on any atom is 0.267 e. The molecule has 172 valence electrons. The van der Waals surface area contributed by atoms with Crippen molar-refractivity contribution in [2.75, 3.05) is 4.31 Å². The Labute approximate surface area is 197 Å². The van der Waals surface area contributed by atoms with E-state index in [0.29, 0.717) is 11.0 Å². The van der Waals surface area contributed by atoms with Crippen LogP contribution in [0.4, 0.5) is 14.5 Å². The van der Waals surface area contributed by atoms with Crippen LogP contribution >= 0.6 is 10.7 Å². The summed E-state index contributed by atoms with van der Waals surface area (Å²) in [5.41, 5.74) is 7.59. The average Bonchev–Trinajstić information content (AvgIpc) is 3.33. The lowest BCUT2D eigenvalue weighted by molar-refractivity contribution is 0.106. The van der Waals surface area contributed by atoms with E-state index < -0.39 is 12.5 Å². The summed E-state index contributed by atoms with van der Waals surface area (Å²) < 4.78 is 28.3. The Bertz CT molecular complexity index is 1060. The van der Waals surface area contributed by atoms with E-state index in [2.05, 4.69) is 70.0 Å². The zero-order valence-electron chi connectivity index (χ0n) is 18.9. The van der Waals surface area contributed by atoms with Gasteiger partial charge in [0, 0.05) is 23.3 Å². The first-order chi connectivity index (χ1) is 15.9. The van der Waals surface area contributed by atoms with Gasteiger partial charge in [-0.15, -0.1) is 0 Å². The van der Waals surface area contributed by atoms with Gasteiger partial charge in [0.05, 0.1) is 12.3 Å². The van der Waals surface area contributed by atoms with Gasteiger partial charge in [-0.05, 0) is 48.6 Å². The molecule has 0 radical (unpaired) electrons. The number of hydrazone groups is 1. The fourth-order valence-electron chi connectivity index (χ4n) is 4.49. The Morgan fingerprint density at radius 3 is 2.58 bits per heavy atom. The van der Waals surface area contributed by atoms with Crippen molar-refractivity contribution in [1.29, 1.82) is 5.26 Å². The average molecular weight is 466 g/mol. The Morgan fingerprint density at radius 1 is 1.24 bits per heavy atom. The number of nitriles is 1. The molecule has 1 N–H and O–H groups in total. The van der Waals surface area contributed by atoms with E-state index in [1.54, 1.807) is 0 Å². The molecule has 0 spiro atoms. The normalized spacial score (nSPS) is 19.7. The second-order valence-electron chi connectivity index (χ2n) is 8.91. The van der Waals surface area contributed by atoms with Crippen LogP contribution in [0.25, 0.3) is 0 Å². The minimum atomic E-state index is -2.42. The van der Waals surface area contributed by atoms with Crippen LogP contribution in [0, 0.1) is 18.2 Å². The summed E-state index contributed by atoms with van der Waals surface area (Å²) in [6.45, 7) is 2.99. The zero-order chi connectivity index (χ0) is 23.4. The predicted molar refractivity (Wildman–Crippen MR) is 137 cm³/mol. The molecule has 4 nitrogen and oxygen atoms in total. The number of halogens is 2. The van der Waals surface area contributed by atoms with Gasteiger partial charge in [0.2, 0.25) is 0 Å². The highest BCUT2D eigenvalue weighted by atomic mass is 32.2. The van der Waals surface area contributed by atoms with Gasteiger partial charge in [0.15, 0.2) is 0 Å². The van der Waals surface area contributed by atoms with E-state index >= 15 is 0 Å². The molecule has 8 heteroatoms. The van der Waals surface area contributed by atoms with E-state index in [9.17, 15) is 14.0 Å². The molecule has 2 aliphatic heterocycles. The first-order valence-corrected chi connectivity index (χ1v) is 12.8. The summed E-state index contributed by atoms with van der Waals surface area (Å²) in [5.74, 6) is 7.02. The molecule has 2 aromatic carbocycles. The fraction of sp³-hybridized carbons (Fsp3) is 0.400. The van der Waals surface area contributed by atoms with Crippen LogP contribution in [-0.2, 0) is 6.54 Å². The minimum Gasteiger partial charge on any atom is -0.318 e. The molecule has 2 aromatic rings. The van der Waals surface area contributed by atoms with E-state index in [1.807, 2.05) is 12.1 Å². The third kappa shape index (κ3) is 5.65. The largest absolute Gasteiger partial charge is 0.318 e. The molecule has 1 saturated heterocycles. The Balaban J connectivity index is 1.51. The lowest BCUT2D eigenvalue weighted by Crippen LogP contribution is -2.28. The molecule has 0 bridgehead atoms. The maximum atomic E-state index is 12.9. The van der Waals surface area contributed by atoms with Crippen molar-refractivity contribution in [3.63, 3.8) is 0 Å². The summed E-state index contributed by atoms with van der Waals surface area (Å²) in [7, 11) is -0.231. The maximum absolute atomic E-state index is 12.9. The first-order valence-electron chi connectivity index (χ1n) is 11.4. The van der Waals surface area contributed by atoms with Crippen molar-refractivity contribution < 1.29 is 8.78 Å². The van der Waals surface area contributed by atoms with Gasteiger partial charge in [-0.1, -0.05) is 65.6 Å². The molecule has 4 rings (SSSR count). The summed E-state index contributed by atoms with van der Waals surface area (Å²) in [4.78, 5) is 0. The molecular weight excluding hydrogens is 437 g/mol. The monoisotopic (exact) mass is 466 g/mol. The molecule has 33 heavy (non-hydrogen) atoms. The van der Waals surface area contributed by atoms with Crippen molar-refractivity contribution in [2.45, 2.75) is 63.1 Å². The quantitative estimate of drug-likeness (QED) is 0.423. The first kappa shape index (κ1) is 23.5. The molecule has 2 unspecified atom stereocenters. The number of hydrogen-bond acceptors (Lipinski definition) is 4. The number of alkyl halides is 2. The summed E-state index contributed by atoms with van der Waals surface area (Å²) in [6, 6.07) is 15.7. The molecule has 0 saturated carbocycles. The second kappa shape index (κ2) is 10.5. The van der Waals surface area contributed by atoms with Crippen LogP contribution in [0.3, 0.4) is 0 Å². The second-order valence-corrected chi connectivity index (χ2v) is 10.8. The smallest absolute Gasteiger partial charge is 0.267 e. The fourth-order valence-corrected chi connectivity index (χ4v) is 6.37. The van der Waals surface area contributed by atoms with Crippen molar-refractivity contribution in [3.05, 3.63) is 65.2 Å². The van der Waals surface area contributed by atoms with Gasteiger partial charge >= 0.3 is 0 Å². The SMILES string of the molecule is C=S(C1CCB(C#N)CC1)N(Cc1ccc(C2=NNC(C(F)F)C2)cc1)c1cccc(C)c1. The number of benzene rings is 2. The molecule has 2 aliphatic rings. The standard InChI is InChI=1S/C25H29BF2N4S/c1-18-4-3-5-21(14-18)32(33(2)22-10-12-26(17-29)13-11-22)16-19-6-8-20(9-7-19)23-15-24(25(27)28)31-30-23/h3-9,14,22,24-25,31H,2,10-13,15-16H2,1H3. The van der Waals surface area contributed by atoms with Crippen molar-refractivity contribution in [3.8, 4) is 5.97 Å². The molecule has 0 amide bonds. The van der Waals surface area contributed by atoms with Crippen molar-refractivity contribution >= 4 is 34.7 Å². The molecule has 2 heterocycles. The predicted octanol–water partition coefficient (Wildman–Crippen LogP) is 5.67. The molecule has 0 aliphatic carbocycles. The van der Waals surface area contributed by atoms with E-state index in [-0.39, 0.29) is 23.8 Å². The third-order valence-corrected chi connectivity index (χ3v) is 8.66. The van der Waals surface area contributed by atoms with Gasteiger partial charge in [-0.3, -0.25) is 0 Å².